The van der Waals surface area contributed by atoms with Gasteiger partial charge in [-0.15, -0.1) is 6.58 Å². The molecule has 1 unspecified atom stereocenters. The molecule has 12 heavy (non-hydrogen) atoms. The van der Waals surface area contributed by atoms with Gasteiger partial charge in [-0.25, -0.2) is 0 Å². The van der Waals surface area contributed by atoms with Crippen LogP contribution in [0.25, 0.3) is 0 Å². The minimum absolute atomic E-state index is 0.181. The Kier molecular flexibility index (Phi) is 2.87. The average molecular weight is 170 g/mol. The Labute approximate surface area is 72.4 Å². The van der Waals surface area contributed by atoms with E-state index in [0.29, 0.717) is 19.6 Å². The molecule has 0 bridgehead atoms. The number of methoxy groups -OCH3 is 1. The minimum Gasteiger partial charge on any atom is -0.469 e. The molecule has 1 atom stereocenters. The van der Waals surface area contributed by atoms with Crippen LogP contribution in [0.5, 0.6) is 0 Å². The van der Waals surface area contributed by atoms with Crippen molar-refractivity contribution >= 4 is 5.97 Å². The second kappa shape index (κ2) is 3.72. The van der Waals surface area contributed by atoms with Gasteiger partial charge in [-0.1, -0.05) is 6.08 Å². The maximum Gasteiger partial charge on any atom is 0.314 e. The summed E-state index contributed by atoms with van der Waals surface area (Å²) in [6, 6.07) is 0. The van der Waals surface area contributed by atoms with Crippen LogP contribution in [-0.2, 0) is 14.3 Å². The van der Waals surface area contributed by atoms with E-state index in [1.54, 1.807) is 6.08 Å². The van der Waals surface area contributed by atoms with Crippen molar-refractivity contribution in [1.82, 2.24) is 0 Å². The standard InChI is InChI=1S/C9H14O3/c1-3-4-9(8(10)11-2)5-6-12-7-9/h3H,1,4-7H2,2H3. The van der Waals surface area contributed by atoms with Gasteiger partial charge in [0.15, 0.2) is 0 Å². The molecule has 1 rings (SSSR count). The lowest BCUT2D eigenvalue weighted by Gasteiger charge is -2.21. The quantitative estimate of drug-likeness (QED) is 0.470. The Morgan fingerprint density at radius 3 is 3.00 bits per heavy atom. The predicted octanol–water partition coefficient (Wildman–Crippen LogP) is 1.14. The summed E-state index contributed by atoms with van der Waals surface area (Å²) in [5, 5.41) is 0. The zero-order valence-corrected chi connectivity index (χ0v) is 7.34. The number of allylic oxidation sites excluding steroid dienone is 1. The van der Waals surface area contributed by atoms with E-state index in [4.69, 9.17) is 9.47 Å². The first kappa shape index (κ1) is 9.26. The lowest BCUT2D eigenvalue weighted by Crippen LogP contribution is -2.32. The first-order valence-electron chi connectivity index (χ1n) is 4.02. The molecule has 0 N–H and O–H groups in total. The summed E-state index contributed by atoms with van der Waals surface area (Å²) in [7, 11) is 1.41. The molecule has 1 fully saturated rings. The number of carbonyl (C=O) groups is 1. The van der Waals surface area contributed by atoms with Gasteiger partial charge in [0.05, 0.1) is 19.1 Å². The average Bonchev–Trinajstić information content (AvgIpc) is 2.53. The molecular weight excluding hydrogens is 156 g/mol. The third-order valence-electron chi connectivity index (χ3n) is 2.26. The predicted molar refractivity (Wildman–Crippen MR) is 44.7 cm³/mol. The van der Waals surface area contributed by atoms with Gasteiger partial charge < -0.3 is 9.47 Å². The summed E-state index contributed by atoms with van der Waals surface area (Å²) >= 11 is 0. The molecule has 1 saturated heterocycles. The molecule has 0 spiro atoms. The number of carbonyl (C=O) groups excluding carboxylic acids is 1. The van der Waals surface area contributed by atoms with Gasteiger partial charge in [0, 0.05) is 6.61 Å². The highest BCUT2D eigenvalue weighted by Crippen LogP contribution is 2.33. The summed E-state index contributed by atoms with van der Waals surface area (Å²) < 4.78 is 9.91. The molecule has 3 nitrogen and oxygen atoms in total. The van der Waals surface area contributed by atoms with Crippen LogP contribution < -0.4 is 0 Å². The van der Waals surface area contributed by atoms with Crippen molar-refractivity contribution in [2.24, 2.45) is 5.41 Å². The van der Waals surface area contributed by atoms with Gasteiger partial charge in [0.25, 0.3) is 0 Å². The smallest absolute Gasteiger partial charge is 0.314 e. The van der Waals surface area contributed by atoms with E-state index in [0.717, 1.165) is 6.42 Å². The normalized spacial score (nSPS) is 28.4. The molecule has 0 radical (unpaired) electrons. The molecule has 0 amide bonds. The molecule has 0 aromatic rings. The van der Waals surface area contributed by atoms with Crippen LogP contribution in [0.15, 0.2) is 12.7 Å². The number of hydrogen-bond donors (Lipinski definition) is 0. The Morgan fingerprint density at radius 2 is 2.58 bits per heavy atom. The van der Waals surface area contributed by atoms with Crippen LogP contribution >= 0.6 is 0 Å². The Balaban J connectivity index is 2.70. The van der Waals surface area contributed by atoms with Crippen molar-refractivity contribution in [3.63, 3.8) is 0 Å². The minimum atomic E-state index is -0.448. The number of ether oxygens (including phenoxy) is 2. The molecular formula is C9H14O3. The fraction of sp³-hybridized carbons (Fsp3) is 0.667. The molecule has 1 aliphatic heterocycles. The van der Waals surface area contributed by atoms with E-state index in [-0.39, 0.29) is 5.97 Å². The summed E-state index contributed by atoms with van der Waals surface area (Å²) in [5.74, 6) is -0.181. The maximum atomic E-state index is 11.4. The van der Waals surface area contributed by atoms with Crippen LogP contribution in [0.1, 0.15) is 12.8 Å². The molecule has 1 heterocycles. The lowest BCUT2D eigenvalue weighted by molar-refractivity contribution is -0.152. The topological polar surface area (TPSA) is 35.5 Å². The van der Waals surface area contributed by atoms with E-state index >= 15 is 0 Å². The largest absolute Gasteiger partial charge is 0.469 e. The van der Waals surface area contributed by atoms with Crippen LogP contribution in [0, 0.1) is 5.41 Å². The summed E-state index contributed by atoms with van der Waals surface area (Å²) in [5.41, 5.74) is -0.448. The first-order valence-corrected chi connectivity index (χ1v) is 4.02. The zero-order valence-electron chi connectivity index (χ0n) is 7.34. The summed E-state index contributed by atoms with van der Waals surface area (Å²) in [6.07, 6.45) is 3.12. The van der Waals surface area contributed by atoms with Gasteiger partial charge in [-0.05, 0) is 12.8 Å². The highest BCUT2D eigenvalue weighted by Gasteiger charge is 2.42. The molecule has 0 aromatic carbocycles. The molecule has 0 saturated carbocycles. The van der Waals surface area contributed by atoms with Gasteiger partial charge >= 0.3 is 5.97 Å². The second-order valence-electron chi connectivity index (χ2n) is 3.07. The SMILES string of the molecule is C=CCC1(C(=O)OC)CCOC1. The summed E-state index contributed by atoms with van der Waals surface area (Å²) in [6.45, 7) is 4.73. The van der Waals surface area contributed by atoms with Gasteiger partial charge in [0.2, 0.25) is 0 Å². The third kappa shape index (κ3) is 1.50. The van der Waals surface area contributed by atoms with Crippen molar-refractivity contribution in [1.29, 1.82) is 0 Å². The van der Waals surface area contributed by atoms with Crippen molar-refractivity contribution in [2.45, 2.75) is 12.8 Å². The van der Waals surface area contributed by atoms with E-state index in [2.05, 4.69) is 6.58 Å². The summed E-state index contributed by atoms with van der Waals surface area (Å²) in [4.78, 5) is 11.4. The van der Waals surface area contributed by atoms with Crippen LogP contribution in [0.4, 0.5) is 0 Å². The Bertz CT molecular complexity index is 180. The van der Waals surface area contributed by atoms with Crippen molar-refractivity contribution in [3.8, 4) is 0 Å². The Hall–Kier alpha value is -0.830. The van der Waals surface area contributed by atoms with E-state index in [9.17, 15) is 4.79 Å². The highest BCUT2D eigenvalue weighted by atomic mass is 16.5. The lowest BCUT2D eigenvalue weighted by atomic mass is 9.84. The molecule has 3 heteroatoms. The molecule has 1 aliphatic rings. The maximum absolute atomic E-state index is 11.4. The second-order valence-corrected chi connectivity index (χ2v) is 3.07. The van der Waals surface area contributed by atoms with E-state index in [1.807, 2.05) is 0 Å². The fourth-order valence-electron chi connectivity index (χ4n) is 1.51. The Morgan fingerprint density at radius 1 is 1.83 bits per heavy atom. The number of hydrogen-bond acceptors (Lipinski definition) is 3. The van der Waals surface area contributed by atoms with Crippen LogP contribution in [-0.4, -0.2) is 26.3 Å². The molecule has 0 aliphatic carbocycles. The van der Waals surface area contributed by atoms with Crippen molar-refractivity contribution < 1.29 is 14.3 Å². The molecule has 0 aromatic heterocycles. The van der Waals surface area contributed by atoms with Gasteiger partial charge in [-0.3, -0.25) is 4.79 Å². The van der Waals surface area contributed by atoms with E-state index < -0.39 is 5.41 Å². The van der Waals surface area contributed by atoms with Gasteiger partial charge in [-0.2, -0.15) is 0 Å². The van der Waals surface area contributed by atoms with Gasteiger partial charge in [0.1, 0.15) is 0 Å². The molecule has 68 valence electrons. The van der Waals surface area contributed by atoms with Crippen molar-refractivity contribution in [3.05, 3.63) is 12.7 Å². The zero-order chi connectivity index (χ0) is 9.03. The van der Waals surface area contributed by atoms with E-state index in [1.165, 1.54) is 7.11 Å². The third-order valence-corrected chi connectivity index (χ3v) is 2.26. The monoisotopic (exact) mass is 170 g/mol. The van der Waals surface area contributed by atoms with Crippen LogP contribution in [0.3, 0.4) is 0 Å². The first-order chi connectivity index (χ1) is 5.75. The number of rotatable bonds is 3. The number of esters is 1. The van der Waals surface area contributed by atoms with Crippen molar-refractivity contribution in [2.75, 3.05) is 20.3 Å². The highest BCUT2D eigenvalue weighted by molar-refractivity contribution is 5.77. The fourth-order valence-corrected chi connectivity index (χ4v) is 1.51. The van der Waals surface area contributed by atoms with Crippen LogP contribution in [0.2, 0.25) is 0 Å².